The topological polar surface area (TPSA) is 0 Å². The first-order valence-corrected chi connectivity index (χ1v) is 8.91. The Morgan fingerprint density at radius 2 is 1.83 bits per heavy atom. The van der Waals surface area contributed by atoms with E-state index in [2.05, 4.69) is 27.7 Å². The summed E-state index contributed by atoms with van der Waals surface area (Å²) >= 11 is 12.6. The van der Waals surface area contributed by atoms with Gasteiger partial charge in [-0.05, 0) is 29.3 Å². The molecule has 1 heterocycles. The van der Waals surface area contributed by atoms with Crippen LogP contribution in [0.2, 0.25) is 11.6 Å². The van der Waals surface area contributed by atoms with Crippen LogP contribution in [0.3, 0.4) is 0 Å². The summed E-state index contributed by atoms with van der Waals surface area (Å²) in [6.07, 6.45) is 1.19. The van der Waals surface area contributed by atoms with E-state index in [1.54, 1.807) is 0 Å². The van der Waals surface area contributed by atoms with Crippen LogP contribution in [-0.4, -0.2) is 6.69 Å². The number of rotatable bonds is 1. The highest BCUT2D eigenvalue weighted by Crippen LogP contribution is 2.57. The highest BCUT2D eigenvalue weighted by atomic mass is 35.7. The Morgan fingerprint density at radius 3 is 2.00 bits per heavy atom. The van der Waals surface area contributed by atoms with Crippen molar-refractivity contribution in [3.63, 3.8) is 0 Å². The second-order valence-corrected chi connectivity index (χ2v) is 12.6. The van der Waals surface area contributed by atoms with Crippen molar-refractivity contribution in [1.29, 1.82) is 0 Å². The first-order chi connectivity index (χ1) is 5.22. The quantitative estimate of drug-likeness (QED) is 0.459. The smallest absolute Gasteiger partial charge is 0.146 e. The van der Waals surface area contributed by atoms with E-state index in [-0.39, 0.29) is 0 Å². The zero-order valence-corrected chi connectivity index (χ0v) is 10.8. The van der Waals surface area contributed by atoms with E-state index < -0.39 is 6.69 Å². The Kier molecular flexibility index (Phi) is 2.88. The van der Waals surface area contributed by atoms with Gasteiger partial charge in [-0.3, -0.25) is 0 Å². The first kappa shape index (κ1) is 10.9. The molecule has 0 N–H and O–H groups in total. The predicted octanol–water partition coefficient (Wildman–Crippen LogP) is 4.36. The van der Waals surface area contributed by atoms with Gasteiger partial charge >= 0.3 is 0 Å². The average molecular weight is 225 g/mol. The molecule has 0 radical (unpaired) electrons. The zero-order chi connectivity index (χ0) is 9.57. The summed E-state index contributed by atoms with van der Waals surface area (Å²) in [4.78, 5) is 0. The molecule has 1 saturated heterocycles. The molecule has 2 atom stereocenters. The molecule has 0 amide bonds. The highest BCUT2D eigenvalue weighted by molar-refractivity contribution is 7.47. The van der Waals surface area contributed by atoms with Crippen molar-refractivity contribution in [2.75, 3.05) is 0 Å². The van der Waals surface area contributed by atoms with Gasteiger partial charge in [-0.25, -0.2) is 0 Å². The maximum atomic E-state index is 6.28. The predicted molar refractivity (Wildman–Crippen MR) is 59.3 cm³/mol. The lowest BCUT2D eigenvalue weighted by Crippen LogP contribution is -2.45. The molecule has 72 valence electrons. The standard InChI is InChI=1S/C9H18Cl2Si/c1-7-6-12(10,11)8(7)5-9(2,3)4/h7-8H,5-6H2,1-4H3. The zero-order valence-electron chi connectivity index (χ0n) is 8.32. The van der Waals surface area contributed by atoms with Gasteiger partial charge in [-0.1, -0.05) is 27.7 Å². The fourth-order valence-electron chi connectivity index (χ4n) is 1.99. The van der Waals surface area contributed by atoms with Gasteiger partial charge in [0.2, 0.25) is 0 Å². The lowest BCUT2D eigenvalue weighted by Gasteiger charge is -2.46. The van der Waals surface area contributed by atoms with Gasteiger partial charge in [0.15, 0.2) is 0 Å². The molecule has 1 aliphatic rings. The monoisotopic (exact) mass is 224 g/mol. The van der Waals surface area contributed by atoms with E-state index in [1.807, 2.05) is 0 Å². The SMILES string of the molecule is CC1C[Si](Cl)(Cl)C1CC(C)(C)C. The Balaban J connectivity index is 2.52. The Morgan fingerprint density at radius 1 is 1.33 bits per heavy atom. The number of hydrogen-bond donors (Lipinski definition) is 0. The van der Waals surface area contributed by atoms with Crippen LogP contribution in [-0.2, 0) is 0 Å². The van der Waals surface area contributed by atoms with Crippen LogP contribution in [0.5, 0.6) is 0 Å². The highest BCUT2D eigenvalue weighted by Gasteiger charge is 2.53. The van der Waals surface area contributed by atoms with Gasteiger partial charge < -0.3 is 0 Å². The fraction of sp³-hybridized carbons (Fsp3) is 1.00. The Bertz CT molecular complexity index is 172. The van der Waals surface area contributed by atoms with Crippen molar-refractivity contribution in [3.05, 3.63) is 0 Å². The number of hydrogen-bond acceptors (Lipinski definition) is 0. The summed E-state index contributed by atoms with van der Waals surface area (Å²) in [5.74, 6) is 0.755. The second-order valence-electron chi connectivity index (χ2n) is 5.31. The van der Waals surface area contributed by atoms with Crippen molar-refractivity contribution >= 4 is 28.9 Å². The van der Waals surface area contributed by atoms with Gasteiger partial charge in [0.25, 0.3) is 6.69 Å². The van der Waals surface area contributed by atoms with Crippen molar-refractivity contribution in [2.45, 2.75) is 45.7 Å². The molecule has 0 bridgehead atoms. The molecular weight excluding hydrogens is 207 g/mol. The summed E-state index contributed by atoms with van der Waals surface area (Å²) in [7, 11) is 0. The summed E-state index contributed by atoms with van der Waals surface area (Å²) in [6.45, 7) is 7.24. The van der Waals surface area contributed by atoms with E-state index in [4.69, 9.17) is 22.2 Å². The average Bonchev–Trinajstić information content (AvgIpc) is 1.81. The number of halogens is 2. The minimum atomic E-state index is -1.81. The summed E-state index contributed by atoms with van der Waals surface area (Å²) in [6, 6.07) is 1.09. The van der Waals surface area contributed by atoms with Gasteiger partial charge in [0.05, 0.1) is 0 Å². The third-order valence-electron chi connectivity index (χ3n) is 2.66. The minimum absolute atomic E-state index is 0.376. The molecule has 0 aromatic rings. The second kappa shape index (κ2) is 3.18. The van der Waals surface area contributed by atoms with E-state index >= 15 is 0 Å². The normalized spacial score (nSPS) is 34.5. The van der Waals surface area contributed by atoms with Gasteiger partial charge in [-0.15, -0.1) is 22.2 Å². The first-order valence-electron chi connectivity index (χ1n) is 4.60. The maximum Gasteiger partial charge on any atom is 0.254 e. The van der Waals surface area contributed by atoms with Crippen molar-refractivity contribution in [1.82, 2.24) is 0 Å². The van der Waals surface area contributed by atoms with E-state index in [0.29, 0.717) is 11.0 Å². The third kappa shape index (κ3) is 2.40. The van der Waals surface area contributed by atoms with E-state index in [9.17, 15) is 0 Å². The Hall–Kier alpha value is 0.797. The lowest BCUT2D eigenvalue weighted by molar-refractivity contribution is 0.316. The van der Waals surface area contributed by atoms with Gasteiger partial charge in [0.1, 0.15) is 0 Å². The van der Waals surface area contributed by atoms with E-state index in [0.717, 1.165) is 12.0 Å². The van der Waals surface area contributed by atoms with Crippen LogP contribution in [0.1, 0.15) is 34.1 Å². The fourth-order valence-corrected chi connectivity index (χ4v) is 8.07. The molecular formula is C9H18Cl2Si. The molecule has 0 spiro atoms. The largest absolute Gasteiger partial charge is 0.254 e. The molecule has 3 heteroatoms. The molecule has 0 aliphatic carbocycles. The van der Waals surface area contributed by atoms with Crippen LogP contribution in [0.25, 0.3) is 0 Å². The summed E-state index contributed by atoms with van der Waals surface area (Å²) < 4.78 is 0. The maximum absolute atomic E-state index is 6.28. The van der Waals surface area contributed by atoms with Gasteiger partial charge in [-0.2, -0.15) is 0 Å². The molecule has 0 saturated carbocycles. The molecule has 0 nitrogen and oxygen atoms in total. The van der Waals surface area contributed by atoms with E-state index in [1.165, 1.54) is 6.42 Å². The van der Waals surface area contributed by atoms with Gasteiger partial charge in [0, 0.05) is 0 Å². The van der Waals surface area contributed by atoms with Crippen molar-refractivity contribution < 1.29 is 0 Å². The molecule has 12 heavy (non-hydrogen) atoms. The molecule has 0 aromatic heterocycles. The van der Waals surface area contributed by atoms with Crippen molar-refractivity contribution in [2.24, 2.45) is 11.3 Å². The summed E-state index contributed by atoms with van der Waals surface area (Å²) in [5, 5.41) is 0. The van der Waals surface area contributed by atoms with Crippen LogP contribution in [0.4, 0.5) is 0 Å². The van der Waals surface area contributed by atoms with Crippen molar-refractivity contribution in [3.8, 4) is 0 Å². The molecule has 1 fully saturated rings. The van der Waals surface area contributed by atoms with Crippen LogP contribution >= 0.6 is 22.2 Å². The minimum Gasteiger partial charge on any atom is -0.146 e. The summed E-state index contributed by atoms with van der Waals surface area (Å²) in [5.41, 5.74) is 1.00. The van der Waals surface area contributed by atoms with Crippen LogP contribution in [0, 0.1) is 11.3 Å². The van der Waals surface area contributed by atoms with Crippen LogP contribution < -0.4 is 0 Å². The molecule has 0 aromatic carbocycles. The Labute approximate surface area is 86.1 Å². The molecule has 2 unspecified atom stereocenters. The lowest BCUT2D eigenvalue weighted by atomic mass is 9.86. The molecule has 1 rings (SSSR count). The third-order valence-corrected chi connectivity index (χ3v) is 8.31. The van der Waals surface area contributed by atoms with Crippen LogP contribution in [0.15, 0.2) is 0 Å². The molecule has 1 aliphatic heterocycles.